The van der Waals surface area contributed by atoms with Gasteiger partial charge in [-0.2, -0.15) is 0 Å². The van der Waals surface area contributed by atoms with Crippen LogP contribution in [0.3, 0.4) is 0 Å². The number of hydrogen-bond donors (Lipinski definition) is 2. The Morgan fingerprint density at radius 1 is 1.17 bits per heavy atom. The van der Waals surface area contributed by atoms with Gasteiger partial charge in [-0.15, -0.1) is 0 Å². The normalized spacial score (nSPS) is 19.8. The van der Waals surface area contributed by atoms with E-state index < -0.39 is 5.54 Å². The Morgan fingerprint density at radius 2 is 1.91 bits per heavy atom. The Morgan fingerprint density at radius 3 is 2.57 bits per heavy atom. The van der Waals surface area contributed by atoms with Crippen molar-refractivity contribution in [2.45, 2.75) is 24.9 Å². The summed E-state index contributed by atoms with van der Waals surface area (Å²) in [5.74, 6) is 1.11. The lowest BCUT2D eigenvalue weighted by molar-refractivity contribution is -0.132. The topological polar surface area (TPSA) is 79.9 Å². The number of carbonyl (C=O) groups is 2. The third-order valence-corrected chi connectivity index (χ3v) is 4.53. The van der Waals surface area contributed by atoms with Crippen LogP contribution in [0.15, 0.2) is 18.2 Å². The van der Waals surface area contributed by atoms with Crippen LogP contribution in [0.1, 0.15) is 18.4 Å². The highest BCUT2D eigenvalue weighted by molar-refractivity contribution is 6.07. The van der Waals surface area contributed by atoms with Crippen LogP contribution in [0.25, 0.3) is 0 Å². The first-order valence-electron chi connectivity index (χ1n) is 7.65. The van der Waals surface area contributed by atoms with Crippen LogP contribution >= 0.6 is 0 Å². The van der Waals surface area contributed by atoms with Gasteiger partial charge in [-0.1, -0.05) is 0 Å². The summed E-state index contributed by atoms with van der Waals surface area (Å²) in [7, 11) is 3.13. The molecule has 2 N–H and O–H groups in total. The Bertz CT molecular complexity index is 626. The SMILES string of the molecule is COc1ccc(CN2C(=O)NC3(CCNCC3)C2=O)c(OC)c1. The fourth-order valence-corrected chi connectivity index (χ4v) is 3.17. The molecular weight excluding hydrogens is 298 g/mol. The maximum atomic E-state index is 12.8. The van der Waals surface area contributed by atoms with E-state index >= 15 is 0 Å². The van der Waals surface area contributed by atoms with E-state index in [1.165, 1.54) is 4.90 Å². The Hall–Kier alpha value is -2.28. The monoisotopic (exact) mass is 319 g/mol. The van der Waals surface area contributed by atoms with Crippen molar-refractivity contribution in [2.24, 2.45) is 0 Å². The number of ether oxygens (including phenoxy) is 2. The van der Waals surface area contributed by atoms with E-state index in [4.69, 9.17) is 9.47 Å². The number of hydrogen-bond acceptors (Lipinski definition) is 5. The fraction of sp³-hybridized carbons (Fsp3) is 0.500. The molecule has 1 aromatic carbocycles. The second-order valence-corrected chi connectivity index (χ2v) is 5.83. The average molecular weight is 319 g/mol. The van der Waals surface area contributed by atoms with Crippen LogP contribution in [-0.4, -0.2) is 49.7 Å². The third kappa shape index (κ3) is 2.72. The standard InChI is InChI=1S/C16H21N3O4/c1-22-12-4-3-11(13(9-12)23-2)10-19-14(20)16(18-15(19)21)5-7-17-8-6-16/h3-4,9,17H,5-8,10H2,1-2H3,(H,18,21). The zero-order valence-electron chi connectivity index (χ0n) is 13.3. The lowest BCUT2D eigenvalue weighted by Crippen LogP contribution is -2.53. The van der Waals surface area contributed by atoms with E-state index in [2.05, 4.69) is 10.6 Å². The third-order valence-electron chi connectivity index (χ3n) is 4.53. The number of nitrogens with zero attached hydrogens (tertiary/aromatic N) is 1. The van der Waals surface area contributed by atoms with Gasteiger partial charge in [0.25, 0.3) is 5.91 Å². The second-order valence-electron chi connectivity index (χ2n) is 5.83. The molecule has 0 atom stereocenters. The molecular formula is C16H21N3O4. The van der Waals surface area contributed by atoms with E-state index in [9.17, 15) is 9.59 Å². The number of benzene rings is 1. The second kappa shape index (κ2) is 6.08. The predicted octanol–water partition coefficient (Wildman–Crippen LogP) is 0.878. The average Bonchev–Trinajstić information content (AvgIpc) is 2.80. The molecule has 3 amide bonds. The minimum atomic E-state index is -0.748. The highest BCUT2D eigenvalue weighted by Gasteiger charge is 2.51. The maximum absolute atomic E-state index is 12.8. The molecule has 7 nitrogen and oxygen atoms in total. The first-order valence-corrected chi connectivity index (χ1v) is 7.65. The number of urea groups is 1. The highest BCUT2D eigenvalue weighted by atomic mass is 16.5. The number of amides is 3. The molecule has 23 heavy (non-hydrogen) atoms. The minimum Gasteiger partial charge on any atom is -0.497 e. The predicted molar refractivity (Wildman–Crippen MR) is 83.5 cm³/mol. The van der Waals surface area contributed by atoms with E-state index in [-0.39, 0.29) is 18.5 Å². The summed E-state index contributed by atoms with van der Waals surface area (Å²) in [6.45, 7) is 1.64. The van der Waals surface area contributed by atoms with Gasteiger partial charge in [0.2, 0.25) is 0 Å². The summed E-state index contributed by atoms with van der Waals surface area (Å²) in [4.78, 5) is 26.3. The molecule has 2 aliphatic heterocycles. The molecule has 0 saturated carbocycles. The minimum absolute atomic E-state index is 0.151. The molecule has 7 heteroatoms. The Labute approximate surface area is 134 Å². The van der Waals surface area contributed by atoms with Crippen molar-refractivity contribution in [3.63, 3.8) is 0 Å². The van der Waals surface area contributed by atoms with Crippen molar-refractivity contribution in [3.8, 4) is 11.5 Å². The molecule has 1 aromatic rings. The van der Waals surface area contributed by atoms with E-state index in [1.807, 2.05) is 6.07 Å². The number of nitrogens with one attached hydrogen (secondary N) is 2. The number of piperidine rings is 1. The largest absolute Gasteiger partial charge is 0.497 e. The molecule has 3 rings (SSSR count). The number of carbonyl (C=O) groups excluding carboxylic acids is 2. The van der Waals surface area contributed by atoms with Crippen LogP contribution in [0.2, 0.25) is 0 Å². The lowest BCUT2D eigenvalue weighted by Gasteiger charge is -2.31. The van der Waals surface area contributed by atoms with Crippen LogP contribution in [0, 0.1) is 0 Å². The van der Waals surface area contributed by atoms with Crippen LogP contribution < -0.4 is 20.1 Å². The van der Waals surface area contributed by atoms with Gasteiger partial charge in [-0.25, -0.2) is 4.79 Å². The van der Waals surface area contributed by atoms with E-state index in [0.717, 1.165) is 18.7 Å². The summed E-state index contributed by atoms with van der Waals surface area (Å²) in [6, 6.07) is 5.01. The zero-order chi connectivity index (χ0) is 16.4. The van der Waals surface area contributed by atoms with Gasteiger partial charge in [-0.05, 0) is 38.1 Å². The smallest absolute Gasteiger partial charge is 0.325 e. The van der Waals surface area contributed by atoms with Crippen molar-refractivity contribution >= 4 is 11.9 Å². The molecule has 2 heterocycles. The first kappa shape index (κ1) is 15.6. The molecule has 2 fully saturated rings. The van der Waals surface area contributed by atoms with Gasteiger partial charge in [0, 0.05) is 11.6 Å². The number of rotatable bonds is 4. The van der Waals surface area contributed by atoms with Gasteiger partial charge < -0.3 is 20.1 Å². The molecule has 1 spiro atoms. The first-order chi connectivity index (χ1) is 11.1. The van der Waals surface area contributed by atoms with Gasteiger partial charge in [0.15, 0.2) is 0 Å². The zero-order valence-corrected chi connectivity index (χ0v) is 13.3. The number of methoxy groups -OCH3 is 2. The summed E-state index contributed by atoms with van der Waals surface area (Å²) in [5, 5.41) is 6.09. The Kier molecular flexibility index (Phi) is 4.12. The van der Waals surface area contributed by atoms with Crippen LogP contribution in [-0.2, 0) is 11.3 Å². The molecule has 0 aromatic heterocycles. The van der Waals surface area contributed by atoms with Crippen molar-refractivity contribution < 1.29 is 19.1 Å². The molecule has 0 aliphatic carbocycles. The molecule has 124 valence electrons. The van der Waals surface area contributed by atoms with Crippen molar-refractivity contribution in [3.05, 3.63) is 23.8 Å². The Balaban J connectivity index is 1.83. The molecule has 0 bridgehead atoms. The quantitative estimate of drug-likeness (QED) is 0.805. The van der Waals surface area contributed by atoms with Crippen LogP contribution in [0.4, 0.5) is 4.79 Å². The van der Waals surface area contributed by atoms with Gasteiger partial charge in [-0.3, -0.25) is 9.69 Å². The molecule has 0 unspecified atom stereocenters. The fourth-order valence-electron chi connectivity index (χ4n) is 3.17. The molecule has 0 radical (unpaired) electrons. The van der Waals surface area contributed by atoms with Gasteiger partial charge >= 0.3 is 6.03 Å². The van der Waals surface area contributed by atoms with Crippen LogP contribution in [0.5, 0.6) is 11.5 Å². The van der Waals surface area contributed by atoms with Crippen molar-refractivity contribution in [1.82, 2.24) is 15.5 Å². The van der Waals surface area contributed by atoms with E-state index in [0.29, 0.717) is 24.3 Å². The highest BCUT2D eigenvalue weighted by Crippen LogP contribution is 2.31. The van der Waals surface area contributed by atoms with Crippen molar-refractivity contribution in [1.29, 1.82) is 0 Å². The van der Waals surface area contributed by atoms with Gasteiger partial charge in [0.05, 0.1) is 20.8 Å². The summed E-state index contributed by atoms with van der Waals surface area (Å²) in [6.07, 6.45) is 1.24. The van der Waals surface area contributed by atoms with E-state index in [1.54, 1.807) is 26.4 Å². The molecule has 2 aliphatic rings. The summed E-state index contributed by atoms with van der Waals surface area (Å²) in [5.41, 5.74) is 0.0185. The summed E-state index contributed by atoms with van der Waals surface area (Å²) < 4.78 is 10.5. The summed E-state index contributed by atoms with van der Waals surface area (Å²) >= 11 is 0. The molecule has 2 saturated heterocycles. The number of imide groups is 1. The lowest BCUT2D eigenvalue weighted by atomic mass is 9.88. The maximum Gasteiger partial charge on any atom is 0.325 e. The van der Waals surface area contributed by atoms with Gasteiger partial charge in [0.1, 0.15) is 17.0 Å². The van der Waals surface area contributed by atoms with Crippen molar-refractivity contribution in [2.75, 3.05) is 27.3 Å².